The van der Waals surface area contributed by atoms with E-state index in [2.05, 4.69) is 24.5 Å². The highest BCUT2D eigenvalue weighted by Gasteiger charge is 2.25. The SMILES string of the molecule is CC(C)(CCC1CCNCC1)NC(=O)OC(C)(C)C. The van der Waals surface area contributed by atoms with Crippen LogP contribution in [0.25, 0.3) is 0 Å². The molecule has 2 N–H and O–H groups in total. The summed E-state index contributed by atoms with van der Waals surface area (Å²) in [5.74, 6) is 0.793. The summed E-state index contributed by atoms with van der Waals surface area (Å²) in [4.78, 5) is 11.8. The number of hydrogen-bond acceptors (Lipinski definition) is 3. The first kappa shape index (κ1) is 16.3. The molecule has 0 aromatic heterocycles. The van der Waals surface area contributed by atoms with Gasteiger partial charge in [0, 0.05) is 5.54 Å². The molecule has 0 saturated carbocycles. The highest BCUT2D eigenvalue weighted by atomic mass is 16.6. The van der Waals surface area contributed by atoms with Crippen LogP contribution >= 0.6 is 0 Å². The van der Waals surface area contributed by atoms with Crippen molar-refractivity contribution >= 4 is 6.09 Å². The minimum absolute atomic E-state index is 0.201. The van der Waals surface area contributed by atoms with E-state index in [0.717, 1.165) is 25.4 Å². The number of carbonyl (C=O) groups excluding carboxylic acids is 1. The maximum Gasteiger partial charge on any atom is 0.408 e. The third-order valence-corrected chi connectivity index (χ3v) is 3.48. The zero-order valence-electron chi connectivity index (χ0n) is 13.1. The molecule has 1 heterocycles. The van der Waals surface area contributed by atoms with E-state index < -0.39 is 5.60 Å². The van der Waals surface area contributed by atoms with E-state index in [0.29, 0.717) is 0 Å². The number of alkyl carbamates (subject to hydrolysis) is 1. The van der Waals surface area contributed by atoms with Crippen LogP contribution in [-0.2, 0) is 4.74 Å². The fourth-order valence-electron chi connectivity index (χ4n) is 2.38. The number of rotatable bonds is 4. The standard InChI is InChI=1S/C15H30N2O2/c1-14(2,3)19-13(18)17-15(4,5)9-6-12-7-10-16-11-8-12/h12,16H,6-11H2,1-5H3,(H,17,18). The molecule has 1 amide bonds. The molecule has 4 nitrogen and oxygen atoms in total. The van der Waals surface area contributed by atoms with Gasteiger partial charge < -0.3 is 15.4 Å². The lowest BCUT2D eigenvalue weighted by Crippen LogP contribution is -2.46. The van der Waals surface area contributed by atoms with Crippen molar-refractivity contribution in [3.63, 3.8) is 0 Å². The molecule has 0 atom stereocenters. The maximum absolute atomic E-state index is 11.8. The second kappa shape index (κ2) is 6.60. The number of ether oxygens (including phenoxy) is 1. The molecule has 1 fully saturated rings. The summed E-state index contributed by atoms with van der Waals surface area (Å²) in [6.45, 7) is 12.0. The lowest BCUT2D eigenvalue weighted by molar-refractivity contribution is 0.0463. The molecule has 1 saturated heterocycles. The lowest BCUT2D eigenvalue weighted by Gasteiger charge is -2.31. The van der Waals surface area contributed by atoms with Gasteiger partial charge in [-0.05, 0) is 79.3 Å². The van der Waals surface area contributed by atoms with E-state index in [1.54, 1.807) is 0 Å². The molecule has 19 heavy (non-hydrogen) atoms. The van der Waals surface area contributed by atoms with Crippen molar-refractivity contribution in [3.8, 4) is 0 Å². The maximum atomic E-state index is 11.8. The van der Waals surface area contributed by atoms with Crippen LogP contribution in [0.5, 0.6) is 0 Å². The van der Waals surface area contributed by atoms with Gasteiger partial charge in [-0.3, -0.25) is 0 Å². The Balaban J connectivity index is 2.31. The van der Waals surface area contributed by atoms with Crippen molar-refractivity contribution in [2.24, 2.45) is 5.92 Å². The molecule has 0 bridgehead atoms. The highest BCUT2D eigenvalue weighted by Crippen LogP contribution is 2.23. The molecule has 0 aromatic rings. The van der Waals surface area contributed by atoms with Crippen molar-refractivity contribution < 1.29 is 9.53 Å². The number of nitrogens with one attached hydrogen (secondary N) is 2. The minimum Gasteiger partial charge on any atom is -0.444 e. The molecule has 4 heteroatoms. The van der Waals surface area contributed by atoms with Crippen LogP contribution in [-0.4, -0.2) is 30.3 Å². The van der Waals surface area contributed by atoms with Gasteiger partial charge in [-0.25, -0.2) is 4.79 Å². The van der Waals surface area contributed by atoms with Crippen LogP contribution in [0.3, 0.4) is 0 Å². The molecule has 0 unspecified atom stereocenters. The van der Waals surface area contributed by atoms with Gasteiger partial charge in [-0.1, -0.05) is 0 Å². The van der Waals surface area contributed by atoms with Crippen LogP contribution in [0.1, 0.15) is 60.3 Å². The van der Waals surface area contributed by atoms with Gasteiger partial charge >= 0.3 is 6.09 Å². The lowest BCUT2D eigenvalue weighted by atomic mass is 9.87. The van der Waals surface area contributed by atoms with Gasteiger partial charge in [0.2, 0.25) is 0 Å². The second-order valence-corrected chi connectivity index (χ2v) is 7.24. The quantitative estimate of drug-likeness (QED) is 0.825. The van der Waals surface area contributed by atoms with E-state index in [1.807, 2.05) is 20.8 Å². The number of piperidine rings is 1. The van der Waals surface area contributed by atoms with E-state index in [-0.39, 0.29) is 11.6 Å². The normalized spacial score (nSPS) is 18.2. The summed E-state index contributed by atoms with van der Waals surface area (Å²) in [5, 5.41) is 6.36. The smallest absolute Gasteiger partial charge is 0.408 e. The molecule has 0 aromatic carbocycles. The fraction of sp³-hybridized carbons (Fsp3) is 0.933. The highest BCUT2D eigenvalue weighted by molar-refractivity contribution is 5.68. The monoisotopic (exact) mass is 270 g/mol. The Labute approximate surface area is 117 Å². The van der Waals surface area contributed by atoms with Crippen LogP contribution in [0.2, 0.25) is 0 Å². The third-order valence-electron chi connectivity index (χ3n) is 3.48. The van der Waals surface area contributed by atoms with E-state index >= 15 is 0 Å². The molecular formula is C15H30N2O2. The van der Waals surface area contributed by atoms with Gasteiger partial charge in [0.1, 0.15) is 5.60 Å². The van der Waals surface area contributed by atoms with Crippen LogP contribution in [0.15, 0.2) is 0 Å². The first-order valence-electron chi connectivity index (χ1n) is 7.40. The molecule has 112 valence electrons. The molecule has 1 rings (SSSR count). The Hall–Kier alpha value is -0.770. The summed E-state index contributed by atoms with van der Waals surface area (Å²) in [7, 11) is 0. The first-order valence-corrected chi connectivity index (χ1v) is 7.40. The summed E-state index contributed by atoms with van der Waals surface area (Å²) < 4.78 is 5.31. The van der Waals surface area contributed by atoms with Gasteiger partial charge in [0.25, 0.3) is 0 Å². The molecule has 1 aliphatic rings. The average Bonchev–Trinajstić information content (AvgIpc) is 2.24. The summed E-state index contributed by atoms with van der Waals surface area (Å²) >= 11 is 0. The Morgan fingerprint density at radius 3 is 2.32 bits per heavy atom. The first-order chi connectivity index (χ1) is 8.68. The molecule has 0 aliphatic carbocycles. The number of carbonyl (C=O) groups is 1. The zero-order chi connectivity index (χ0) is 14.5. The predicted octanol–water partition coefficient (Wildman–Crippen LogP) is 3.07. The molecule has 0 spiro atoms. The Morgan fingerprint density at radius 1 is 1.21 bits per heavy atom. The second-order valence-electron chi connectivity index (χ2n) is 7.24. The van der Waals surface area contributed by atoms with Gasteiger partial charge in [0.05, 0.1) is 0 Å². The van der Waals surface area contributed by atoms with Crippen molar-refractivity contribution in [2.75, 3.05) is 13.1 Å². The number of amides is 1. The van der Waals surface area contributed by atoms with Crippen molar-refractivity contribution in [2.45, 2.75) is 71.4 Å². The topological polar surface area (TPSA) is 50.4 Å². The Morgan fingerprint density at radius 2 is 1.79 bits per heavy atom. The predicted molar refractivity (Wildman–Crippen MR) is 78.3 cm³/mol. The summed E-state index contributed by atoms with van der Waals surface area (Å²) in [5.41, 5.74) is -0.636. The van der Waals surface area contributed by atoms with Crippen molar-refractivity contribution in [1.82, 2.24) is 10.6 Å². The van der Waals surface area contributed by atoms with E-state index in [9.17, 15) is 4.79 Å². The molecule has 0 radical (unpaired) electrons. The summed E-state index contributed by atoms with van der Waals surface area (Å²) in [6, 6.07) is 0. The Kier molecular flexibility index (Phi) is 5.65. The summed E-state index contributed by atoms with van der Waals surface area (Å²) in [6.07, 6.45) is 4.36. The van der Waals surface area contributed by atoms with Crippen LogP contribution < -0.4 is 10.6 Å². The van der Waals surface area contributed by atoms with Gasteiger partial charge in [0.15, 0.2) is 0 Å². The van der Waals surface area contributed by atoms with Crippen molar-refractivity contribution in [3.05, 3.63) is 0 Å². The van der Waals surface area contributed by atoms with Crippen LogP contribution in [0.4, 0.5) is 4.79 Å². The molecular weight excluding hydrogens is 240 g/mol. The number of hydrogen-bond donors (Lipinski definition) is 2. The Bertz CT molecular complexity index is 289. The van der Waals surface area contributed by atoms with E-state index in [1.165, 1.54) is 19.3 Å². The molecule has 1 aliphatic heterocycles. The van der Waals surface area contributed by atoms with Gasteiger partial charge in [-0.15, -0.1) is 0 Å². The largest absolute Gasteiger partial charge is 0.444 e. The average molecular weight is 270 g/mol. The fourth-order valence-corrected chi connectivity index (χ4v) is 2.38. The third kappa shape index (κ3) is 7.41. The minimum atomic E-state index is -0.435. The van der Waals surface area contributed by atoms with Crippen LogP contribution in [0, 0.1) is 5.92 Å². The van der Waals surface area contributed by atoms with Crippen molar-refractivity contribution in [1.29, 1.82) is 0 Å². The van der Waals surface area contributed by atoms with Gasteiger partial charge in [-0.2, -0.15) is 0 Å². The van der Waals surface area contributed by atoms with E-state index in [4.69, 9.17) is 4.74 Å². The zero-order valence-corrected chi connectivity index (χ0v) is 13.1.